The molecule has 0 saturated carbocycles. The van der Waals surface area contributed by atoms with Crippen LogP contribution in [-0.2, 0) is 0 Å². The minimum atomic E-state index is -1.00. The van der Waals surface area contributed by atoms with Crippen molar-refractivity contribution in [2.24, 2.45) is 0 Å². The van der Waals surface area contributed by atoms with Crippen molar-refractivity contribution in [1.29, 1.82) is 0 Å². The molecule has 1 aromatic carbocycles. The summed E-state index contributed by atoms with van der Waals surface area (Å²) in [5.41, 5.74) is -0.388. The summed E-state index contributed by atoms with van der Waals surface area (Å²) >= 11 is 0. The Morgan fingerprint density at radius 3 is 2.22 bits per heavy atom. The van der Waals surface area contributed by atoms with E-state index < -0.39 is 11.1 Å². The van der Waals surface area contributed by atoms with Crippen molar-refractivity contribution in [2.45, 2.75) is 38.8 Å². The van der Waals surface area contributed by atoms with E-state index in [4.69, 9.17) is 0 Å². The number of benzene rings is 1. The molecule has 1 aromatic rings. The number of anilines is 1. The molecule has 0 radical (unpaired) electrons. The molecule has 0 unspecified atom stereocenters. The molecular weight excluding hydrogens is 228 g/mol. The average molecular weight is 250 g/mol. The predicted molar refractivity (Wildman–Crippen MR) is 73.8 cm³/mol. The number of carbonyl (C=O) groups is 1. The minimum Gasteiger partial charge on any atom is -0.388 e. The fourth-order valence-corrected chi connectivity index (χ4v) is 1.40. The molecule has 3 N–H and O–H groups in total. The van der Waals surface area contributed by atoms with Crippen LogP contribution in [-0.4, -0.2) is 29.2 Å². The number of nitrogens with one attached hydrogen (secondary N) is 2. The second-order valence-corrected chi connectivity index (χ2v) is 5.43. The van der Waals surface area contributed by atoms with Crippen LogP contribution in [0.3, 0.4) is 0 Å². The van der Waals surface area contributed by atoms with E-state index in [1.165, 1.54) is 0 Å². The topological polar surface area (TPSA) is 61.4 Å². The number of hydrogen-bond donors (Lipinski definition) is 3. The highest BCUT2D eigenvalue weighted by atomic mass is 16.3. The first kappa shape index (κ1) is 14.5. The zero-order valence-electron chi connectivity index (χ0n) is 11.7. The van der Waals surface area contributed by atoms with Gasteiger partial charge in [0.1, 0.15) is 0 Å². The first-order valence-electron chi connectivity index (χ1n) is 6.01. The molecule has 0 spiro atoms. The van der Waals surface area contributed by atoms with Gasteiger partial charge >= 0.3 is 0 Å². The van der Waals surface area contributed by atoms with Crippen LogP contribution in [0.5, 0.6) is 0 Å². The van der Waals surface area contributed by atoms with Crippen LogP contribution < -0.4 is 10.6 Å². The quantitative estimate of drug-likeness (QED) is 0.766. The molecule has 1 rings (SSSR count). The maximum absolute atomic E-state index is 12.2. The molecule has 1 amide bonds. The summed E-state index contributed by atoms with van der Waals surface area (Å²) in [5.74, 6) is -0.202. The number of carbonyl (C=O) groups excluding carboxylic acids is 1. The monoisotopic (exact) mass is 250 g/mol. The second kappa shape index (κ2) is 4.98. The summed E-state index contributed by atoms with van der Waals surface area (Å²) in [5, 5.41) is 15.9. The van der Waals surface area contributed by atoms with Gasteiger partial charge in [-0.25, -0.2) is 0 Å². The van der Waals surface area contributed by atoms with Gasteiger partial charge in [0.25, 0.3) is 5.91 Å². The zero-order chi connectivity index (χ0) is 14.0. The molecule has 0 saturated heterocycles. The van der Waals surface area contributed by atoms with Gasteiger partial charge in [0, 0.05) is 12.7 Å². The molecule has 0 aromatic heterocycles. The predicted octanol–water partition coefficient (Wildman–Crippen LogP) is 2.01. The molecule has 0 aliphatic heterocycles. The second-order valence-electron chi connectivity index (χ2n) is 5.43. The van der Waals surface area contributed by atoms with Gasteiger partial charge in [0.05, 0.1) is 16.7 Å². The van der Waals surface area contributed by atoms with Crippen LogP contribution in [0.25, 0.3) is 0 Å². The lowest BCUT2D eigenvalue weighted by Crippen LogP contribution is -2.57. The van der Waals surface area contributed by atoms with Crippen molar-refractivity contribution in [3.63, 3.8) is 0 Å². The molecule has 0 aliphatic carbocycles. The summed E-state index contributed by atoms with van der Waals surface area (Å²) < 4.78 is 0. The standard InChI is InChI=1S/C14H22N2O2/c1-13(2,14(3,4)18)16-12(17)10-8-6-7-9-11(10)15-5/h6-9,15,18H,1-5H3,(H,16,17). The Bertz CT molecular complexity index is 434. The number of rotatable bonds is 4. The molecule has 4 heteroatoms. The van der Waals surface area contributed by atoms with E-state index >= 15 is 0 Å². The fourth-order valence-electron chi connectivity index (χ4n) is 1.40. The molecule has 0 aliphatic rings. The van der Waals surface area contributed by atoms with E-state index in [2.05, 4.69) is 10.6 Å². The lowest BCUT2D eigenvalue weighted by atomic mass is 9.85. The highest BCUT2D eigenvalue weighted by Gasteiger charge is 2.36. The van der Waals surface area contributed by atoms with E-state index in [0.29, 0.717) is 5.56 Å². The summed E-state index contributed by atoms with van der Waals surface area (Å²) in [6.07, 6.45) is 0. The molecule has 18 heavy (non-hydrogen) atoms. The SMILES string of the molecule is CNc1ccccc1C(=O)NC(C)(C)C(C)(C)O. The van der Waals surface area contributed by atoms with Crippen LogP contribution >= 0.6 is 0 Å². The van der Waals surface area contributed by atoms with E-state index in [9.17, 15) is 9.90 Å². The molecule has 0 fully saturated rings. The lowest BCUT2D eigenvalue weighted by molar-refractivity contribution is -0.00291. The minimum absolute atomic E-state index is 0.202. The van der Waals surface area contributed by atoms with Gasteiger partial charge in [-0.15, -0.1) is 0 Å². The van der Waals surface area contributed by atoms with E-state index in [1.807, 2.05) is 18.2 Å². The summed E-state index contributed by atoms with van der Waals surface area (Å²) in [6, 6.07) is 7.27. The van der Waals surface area contributed by atoms with Crippen LogP contribution in [0.4, 0.5) is 5.69 Å². The third-order valence-corrected chi connectivity index (χ3v) is 3.40. The van der Waals surface area contributed by atoms with Gasteiger partial charge in [-0.05, 0) is 39.8 Å². The number of aliphatic hydroxyl groups is 1. The Hall–Kier alpha value is -1.55. The Labute approximate surface area is 108 Å². The van der Waals surface area contributed by atoms with Gasteiger partial charge in [-0.3, -0.25) is 4.79 Å². The third kappa shape index (κ3) is 3.01. The highest BCUT2D eigenvalue weighted by molar-refractivity contribution is 6.00. The van der Waals surface area contributed by atoms with Crippen molar-refractivity contribution in [3.8, 4) is 0 Å². The van der Waals surface area contributed by atoms with Crippen LogP contribution in [0, 0.1) is 0 Å². The van der Waals surface area contributed by atoms with Crippen LogP contribution in [0.15, 0.2) is 24.3 Å². The smallest absolute Gasteiger partial charge is 0.253 e. The lowest BCUT2D eigenvalue weighted by Gasteiger charge is -2.38. The Morgan fingerprint density at radius 2 is 1.72 bits per heavy atom. The first-order valence-corrected chi connectivity index (χ1v) is 6.01. The Morgan fingerprint density at radius 1 is 1.17 bits per heavy atom. The van der Waals surface area contributed by atoms with E-state index in [-0.39, 0.29) is 5.91 Å². The molecule has 0 heterocycles. The third-order valence-electron chi connectivity index (χ3n) is 3.40. The molecular formula is C14H22N2O2. The summed E-state index contributed by atoms with van der Waals surface area (Å²) in [6.45, 7) is 6.95. The highest BCUT2D eigenvalue weighted by Crippen LogP contribution is 2.22. The van der Waals surface area contributed by atoms with Crippen molar-refractivity contribution in [3.05, 3.63) is 29.8 Å². The summed E-state index contributed by atoms with van der Waals surface area (Å²) in [7, 11) is 1.77. The molecule has 0 bridgehead atoms. The number of para-hydroxylation sites is 1. The summed E-state index contributed by atoms with van der Waals surface area (Å²) in [4.78, 5) is 12.2. The van der Waals surface area contributed by atoms with Crippen molar-refractivity contribution in [1.82, 2.24) is 5.32 Å². The molecule has 0 atom stereocenters. The average Bonchev–Trinajstić information content (AvgIpc) is 2.26. The van der Waals surface area contributed by atoms with Crippen molar-refractivity contribution < 1.29 is 9.90 Å². The van der Waals surface area contributed by atoms with Gasteiger partial charge < -0.3 is 15.7 Å². The number of amides is 1. The largest absolute Gasteiger partial charge is 0.388 e. The zero-order valence-corrected chi connectivity index (χ0v) is 11.7. The molecule has 100 valence electrons. The fraction of sp³-hybridized carbons (Fsp3) is 0.500. The maximum atomic E-state index is 12.2. The Balaban J connectivity index is 2.96. The molecule has 4 nitrogen and oxygen atoms in total. The van der Waals surface area contributed by atoms with Crippen LogP contribution in [0.1, 0.15) is 38.1 Å². The van der Waals surface area contributed by atoms with Gasteiger partial charge in [-0.1, -0.05) is 12.1 Å². The first-order chi connectivity index (χ1) is 8.19. The van der Waals surface area contributed by atoms with E-state index in [0.717, 1.165) is 5.69 Å². The Kier molecular flexibility index (Phi) is 4.02. The van der Waals surface area contributed by atoms with Gasteiger partial charge in [0.2, 0.25) is 0 Å². The van der Waals surface area contributed by atoms with Crippen LogP contribution in [0.2, 0.25) is 0 Å². The maximum Gasteiger partial charge on any atom is 0.253 e. The van der Waals surface area contributed by atoms with E-state index in [1.54, 1.807) is 40.8 Å². The number of hydrogen-bond acceptors (Lipinski definition) is 3. The van der Waals surface area contributed by atoms with Crippen molar-refractivity contribution >= 4 is 11.6 Å². The van der Waals surface area contributed by atoms with Crippen molar-refractivity contribution in [2.75, 3.05) is 12.4 Å². The van der Waals surface area contributed by atoms with Gasteiger partial charge in [-0.2, -0.15) is 0 Å². The van der Waals surface area contributed by atoms with Gasteiger partial charge in [0.15, 0.2) is 0 Å². The normalized spacial score (nSPS) is 12.1.